The molecule has 0 bridgehead atoms. The number of rotatable bonds is 7. The van der Waals surface area contributed by atoms with E-state index in [4.69, 9.17) is 21.1 Å². The average molecular weight is 334 g/mol. The maximum Gasteiger partial charge on any atom is 0.224 e. The molecule has 0 fully saturated rings. The number of methoxy groups -OCH3 is 1. The lowest BCUT2D eigenvalue weighted by molar-refractivity contribution is -0.120. The Morgan fingerprint density at radius 1 is 1.17 bits per heavy atom. The van der Waals surface area contributed by atoms with Crippen LogP contribution in [0.15, 0.2) is 42.5 Å². The van der Waals surface area contributed by atoms with Gasteiger partial charge in [-0.2, -0.15) is 0 Å². The quantitative estimate of drug-likeness (QED) is 0.790. The molecule has 1 amide bonds. The van der Waals surface area contributed by atoms with Gasteiger partial charge in [-0.05, 0) is 48.4 Å². The van der Waals surface area contributed by atoms with Crippen molar-refractivity contribution in [1.29, 1.82) is 0 Å². The topological polar surface area (TPSA) is 47.6 Å². The van der Waals surface area contributed by atoms with Gasteiger partial charge in [-0.1, -0.05) is 23.7 Å². The number of nitrogens with one attached hydrogen (secondary N) is 1. The van der Waals surface area contributed by atoms with Crippen LogP contribution in [-0.4, -0.2) is 26.2 Å². The molecule has 0 aliphatic rings. The molecule has 122 valence electrons. The molecule has 0 atom stereocenters. The van der Waals surface area contributed by atoms with Gasteiger partial charge in [0, 0.05) is 5.02 Å². The van der Waals surface area contributed by atoms with Crippen molar-refractivity contribution in [3.8, 4) is 11.5 Å². The van der Waals surface area contributed by atoms with Crippen molar-refractivity contribution in [1.82, 2.24) is 5.32 Å². The first-order chi connectivity index (χ1) is 11.1. The molecule has 2 aromatic carbocycles. The fourth-order valence-corrected chi connectivity index (χ4v) is 2.34. The molecule has 0 unspecified atom stereocenters. The molecule has 5 heteroatoms. The molecule has 4 nitrogen and oxygen atoms in total. The minimum absolute atomic E-state index is 0.0356. The summed E-state index contributed by atoms with van der Waals surface area (Å²) in [5.41, 5.74) is 1.92. The van der Waals surface area contributed by atoms with Gasteiger partial charge in [0.05, 0.1) is 20.1 Å². The van der Waals surface area contributed by atoms with Crippen LogP contribution < -0.4 is 14.8 Å². The largest absolute Gasteiger partial charge is 0.497 e. The van der Waals surface area contributed by atoms with Gasteiger partial charge in [-0.15, -0.1) is 0 Å². The lowest BCUT2D eigenvalue weighted by Crippen LogP contribution is -2.29. The molecular formula is C18H20ClNO3. The van der Waals surface area contributed by atoms with Crippen LogP contribution in [0.5, 0.6) is 11.5 Å². The highest BCUT2D eigenvalue weighted by Gasteiger charge is 2.04. The number of benzene rings is 2. The molecule has 0 spiro atoms. The second-order valence-electron chi connectivity index (χ2n) is 5.13. The SMILES string of the molecule is COc1ccc(CC(=O)NCCOc2ccc(Cl)cc2C)cc1. The van der Waals surface area contributed by atoms with E-state index in [9.17, 15) is 4.79 Å². The number of amides is 1. The highest BCUT2D eigenvalue weighted by atomic mass is 35.5. The zero-order chi connectivity index (χ0) is 16.7. The lowest BCUT2D eigenvalue weighted by atomic mass is 10.1. The van der Waals surface area contributed by atoms with E-state index in [0.29, 0.717) is 24.6 Å². The third kappa shape index (κ3) is 5.49. The van der Waals surface area contributed by atoms with Crippen molar-refractivity contribution in [2.75, 3.05) is 20.3 Å². The van der Waals surface area contributed by atoms with Gasteiger partial charge in [0.1, 0.15) is 18.1 Å². The van der Waals surface area contributed by atoms with Crippen LogP contribution in [0.2, 0.25) is 5.02 Å². The van der Waals surface area contributed by atoms with E-state index in [1.807, 2.05) is 43.3 Å². The van der Waals surface area contributed by atoms with Crippen molar-refractivity contribution in [3.05, 3.63) is 58.6 Å². The number of ether oxygens (including phenoxy) is 2. The van der Waals surface area contributed by atoms with Gasteiger partial charge in [0.25, 0.3) is 0 Å². The Kier molecular flexibility index (Phi) is 6.29. The van der Waals surface area contributed by atoms with Crippen LogP contribution in [-0.2, 0) is 11.2 Å². The zero-order valence-electron chi connectivity index (χ0n) is 13.3. The fraction of sp³-hybridized carbons (Fsp3) is 0.278. The number of carbonyl (C=O) groups excluding carboxylic acids is 1. The van der Waals surface area contributed by atoms with Crippen molar-refractivity contribution >= 4 is 17.5 Å². The maximum atomic E-state index is 11.9. The molecule has 1 N–H and O–H groups in total. The van der Waals surface area contributed by atoms with E-state index in [-0.39, 0.29) is 5.91 Å². The first-order valence-electron chi connectivity index (χ1n) is 7.37. The van der Waals surface area contributed by atoms with Gasteiger partial charge in [0.2, 0.25) is 5.91 Å². The first kappa shape index (κ1) is 17.2. The summed E-state index contributed by atoms with van der Waals surface area (Å²) >= 11 is 5.90. The van der Waals surface area contributed by atoms with Gasteiger partial charge in [-0.3, -0.25) is 4.79 Å². The summed E-state index contributed by atoms with van der Waals surface area (Å²) in [6, 6.07) is 12.9. The Hall–Kier alpha value is -2.20. The second kappa shape index (κ2) is 8.44. The Morgan fingerprint density at radius 2 is 1.91 bits per heavy atom. The van der Waals surface area contributed by atoms with Crippen LogP contribution in [0.25, 0.3) is 0 Å². The minimum Gasteiger partial charge on any atom is -0.497 e. The number of hydrogen-bond donors (Lipinski definition) is 1. The molecule has 2 rings (SSSR count). The highest BCUT2D eigenvalue weighted by Crippen LogP contribution is 2.21. The first-order valence-corrected chi connectivity index (χ1v) is 7.75. The molecule has 0 aromatic heterocycles. The monoisotopic (exact) mass is 333 g/mol. The minimum atomic E-state index is -0.0356. The summed E-state index contributed by atoms with van der Waals surface area (Å²) in [6.45, 7) is 2.80. The number of aryl methyl sites for hydroxylation is 1. The van der Waals surface area contributed by atoms with Crippen molar-refractivity contribution in [2.24, 2.45) is 0 Å². The van der Waals surface area contributed by atoms with Crippen molar-refractivity contribution < 1.29 is 14.3 Å². The summed E-state index contributed by atoms with van der Waals surface area (Å²) in [4.78, 5) is 11.9. The van der Waals surface area contributed by atoms with Crippen LogP contribution in [0.3, 0.4) is 0 Å². The van der Waals surface area contributed by atoms with Crippen LogP contribution in [0.4, 0.5) is 0 Å². The third-order valence-electron chi connectivity index (χ3n) is 3.34. The standard InChI is InChI=1S/C18H20ClNO3/c1-13-11-15(19)5-8-17(13)23-10-9-20-18(21)12-14-3-6-16(22-2)7-4-14/h3-8,11H,9-10,12H2,1-2H3,(H,20,21). The summed E-state index contributed by atoms with van der Waals surface area (Å²) in [5.74, 6) is 1.52. The summed E-state index contributed by atoms with van der Waals surface area (Å²) in [5, 5.41) is 3.52. The Bertz CT molecular complexity index is 656. The molecule has 0 saturated carbocycles. The second-order valence-corrected chi connectivity index (χ2v) is 5.57. The summed E-state index contributed by atoms with van der Waals surface area (Å²) in [7, 11) is 1.62. The summed E-state index contributed by atoms with van der Waals surface area (Å²) < 4.78 is 10.7. The molecule has 0 heterocycles. The molecule has 0 radical (unpaired) electrons. The van der Waals surface area contributed by atoms with E-state index in [1.165, 1.54) is 0 Å². The third-order valence-corrected chi connectivity index (χ3v) is 3.58. The fourth-order valence-electron chi connectivity index (χ4n) is 2.12. The van der Waals surface area contributed by atoms with E-state index in [1.54, 1.807) is 13.2 Å². The van der Waals surface area contributed by atoms with Crippen molar-refractivity contribution in [2.45, 2.75) is 13.3 Å². The van der Waals surface area contributed by atoms with E-state index < -0.39 is 0 Å². The molecule has 0 aliphatic heterocycles. The van der Waals surface area contributed by atoms with E-state index >= 15 is 0 Å². The Labute approximate surface area is 141 Å². The van der Waals surface area contributed by atoms with Crippen LogP contribution in [0.1, 0.15) is 11.1 Å². The number of halogens is 1. The predicted molar refractivity (Wildman–Crippen MR) is 91.4 cm³/mol. The molecule has 0 saturated heterocycles. The van der Waals surface area contributed by atoms with E-state index in [2.05, 4.69) is 5.32 Å². The Balaban J connectivity index is 1.72. The molecule has 2 aromatic rings. The lowest BCUT2D eigenvalue weighted by Gasteiger charge is -2.10. The summed E-state index contributed by atoms with van der Waals surface area (Å²) in [6.07, 6.45) is 0.337. The van der Waals surface area contributed by atoms with Gasteiger partial charge in [0.15, 0.2) is 0 Å². The maximum absolute atomic E-state index is 11.9. The highest BCUT2D eigenvalue weighted by molar-refractivity contribution is 6.30. The van der Waals surface area contributed by atoms with Crippen molar-refractivity contribution in [3.63, 3.8) is 0 Å². The average Bonchev–Trinajstić information content (AvgIpc) is 2.54. The predicted octanol–water partition coefficient (Wildman–Crippen LogP) is 3.39. The van der Waals surface area contributed by atoms with E-state index in [0.717, 1.165) is 22.6 Å². The zero-order valence-corrected chi connectivity index (χ0v) is 14.0. The number of carbonyl (C=O) groups is 1. The molecule has 0 aliphatic carbocycles. The Morgan fingerprint density at radius 3 is 2.57 bits per heavy atom. The van der Waals surface area contributed by atoms with Crippen LogP contribution >= 0.6 is 11.6 Å². The van der Waals surface area contributed by atoms with Crippen LogP contribution in [0, 0.1) is 6.92 Å². The van der Waals surface area contributed by atoms with Gasteiger partial charge < -0.3 is 14.8 Å². The van der Waals surface area contributed by atoms with Gasteiger partial charge >= 0.3 is 0 Å². The molecular weight excluding hydrogens is 314 g/mol. The number of hydrogen-bond acceptors (Lipinski definition) is 3. The normalized spacial score (nSPS) is 10.2. The van der Waals surface area contributed by atoms with Gasteiger partial charge in [-0.25, -0.2) is 0 Å². The smallest absolute Gasteiger partial charge is 0.224 e. The molecule has 23 heavy (non-hydrogen) atoms.